The van der Waals surface area contributed by atoms with Crippen molar-refractivity contribution in [3.05, 3.63) is 52.2 Å². The van der Waals surface area contributed by atoms with Gasteiger partial charge in [-0.3, -0.25) is 9.78 Å². The molecule has 16 heavy (non-hydrogen) atoms. The quantitative estimate of drug-likeness (QED) is 0.644. The van der Waals surface area contributed by atoms with E-state index in [0.29, 0.717) is 17.1 Å². The second kappa shape index (κ2) is 4.94. The molecule has 4 nitrogen and oxygen atoms in total. The summed E-state index contributed by atoms with van der Waals surface area (Å²) in [5.74, 6) is 0. The van der Waals surface area contributed by atoms with Crippen LogP contribution in [0.3, 0.4) is 0 Å². The van der Waals surface area contributed by atoms with Crippen molar-refractivity contribution in [3.63, 3.8) is 0 Å². The molecule has 0 saturated carbocycles. The van der Waals surface area contributed by atoms with Crippen molar-refractivity contribution in [1.82, 2.24) is 15.0 Å². The highest BCUT2D eigenvalue weighted by atomic mass is 32.2. The maximum Gasteiger partial charge on any atom is 0.255 e. The molecule has 0 aromatic carbocycles. The first-order valence-corrected chi connectivity index (χ1v) is 6.03. The van der Waals surface area contributed by atoms with Gasteiger partial charge in [0, 0.05) is 30.6 Å². The summed E-state index contributed by atoms with van der Waals surface area (Å²) in [4.78, 5) is 22.5. The highest BCUT2D eigenvalue weighted by Gasteiger charge is 2.03. The van der Waals surface area contributed by atoms with Gasteiger partial charge in [0.1, 0.15) is 0 Å². The van der Waals surface area contributed by atoms with Crippen LogP contribution in [0.25, 0.3) is 0 Å². The van der Waals surface area contributed by atoms with Gasteiger partial charge in [0.25, 0.3) is 5.56 Å². The van der Waals surface area contributed by atoms with Crippen LogP contribution in [-0.4, -0.2) is 21.2 Å². The number of aromatic nitrogens is 3. The second-order valence-corrected chi connectivity index (χ2v) is 4.08. The molecular formula is C11H11N3OS. The minimum atomic E-state index is -0.0804. The van der Waals surface area contributed by atoms with Gasteiger partial charge in [-0.25, -0.2) is 4.98 Å². The van der Waals surface area contributed by atoms with Crippen LogP contribution in [0.1, 0.15) is 11.1 Å². The molecule has 0 amide bonds. The van der Waals surface area contributed by atoms with Crippen molar-refractivity contribution < 1.29 is 0 Å². The van der Waals surface area contributed by atoms with Crippen molar-refractivity contribution in [3.8, 4) is 0 Å². The predicted molar refractivity (Wildman–Crippen MR) is 63.7 cm³/mol. The first kappa shape index (κ1) is 10.9. The van der Waals surface area contributed by atoms with E-state index in [1.165, 1.54) is 11.8 Å². The molecule has 0 aliphatic heterocycles. The first-order valence-electron chi connectivity index (χ1n) is 4.80. The molecule has 0 aliphatic carbocycles. The fourth-order valence-electron chi connectivity index (χ4n) is 1.36. The number of pyridine rings is 1. The monoisotopic (exact) mass is 233 g/mol. The Balaban J connectivity index is 2.26. The van der Waals surface area contributed by atoms with E-state index < -0.39 is 0 Å². The Morgan fingerprint density at radius 2 is 2.31 bits per heavy atom. The SMILES string of the molecule is CSc1ncc(Cc2cccnc2)c(=O)[nH]1. The molecular weight excluding hydrogens is 222 g/mol. The maximum atomic E-state index is 11.7. The summed E-state index contributed by atoms with van der Waals surface area (Å²) < 4.78 is 0. The van der Waals surface area contributed by atoms with Crippen LogP contribution in [-0.2, 0) is 6.42 Å². The molecule has 0 bridgehead atoms. The fraction of sp³-hybridized carbons (Fsp3) is 0.182. The van der Waals surface area contributed by atoms with Gasteiger partial charge in [0.15, 0.2) is 5.16 Å². The number of nitrogens with one attached hydrogen (secondary N) is 1. The van der Waals surface area contributed by atoms with Crippen molar-refractivity contribution >= 4 is 11.8 Å². The van der Waals surface area contributed by atoms with Gasteiger partial charge in [-0.2, -0.15) is 0 Å². The third-order valence-corrected chi connectivity index (χ3v) is 2.75. The number of H-pyrrole nitrogens is 1. The Hall–Kier alpha value is -1.62. The highest BCUT2D eigenvalue weighted by molar-refractivity contribution is 7.98. The summed E-state index contributed by atoms with van der Waals surface area (Å²) >= 11 is 1.42. The summed E-state index contributed by atoms with van der Waals surface area (Å²) in [5.41, 5.74) is 1.58. The standard InChI is InChI=1S/C11H11N3OS/c1-16-11-13-7-9(10(15)14-11)5-8-3-2-4-12-6-8/h2-4,6-7H,5H2,1H3,(H,13,14,15). The van der Waals surface area contributed by atoms with E-state index in [9.17, 15) is 4.79 Å². The molecule has 82 valence electrons. The Kier molecular flexibility index (Phi) is 3.36. The predicted octanol–water partition coefficient (Wildman–Crippen LogP) is 1.48. The summed E-state index contributed by atoms with van der Waals surface area (Å²) in [6, 6.07) is 3.79. The van der Waals surface area contributed by atoms with E-state index in [-0.39, 0.29) is 5.56 Å². The topological polar surface area (TPSA) is 58.6 Å². The van der Waals surface area contributed by atoms with Crippen LogP contribution in [0.15, 0.2) is 40.7 Å². The van der Waals surface area contributed by atoms with Gasteiger partial charge in [-0.15, -0.1) is 0 Å². The molecule has 2 aromatic heterocycles. The number of thioether (sulfide) groups is 1. The third-order valence-electron chi connectivity index (χ3n) is 2.16. The second-order valence-electron chi connectivity index (χ2n) is 3.28. The molecule has 0 spiro atoms. The van der Waals surface area contributed by atoms with Crippen molar-refractivity contribution in [2.24, 2.45) is 0 Å². The maximum absolute atomic E-state index is 11.7. The lowest BCUT2D eigenvalue weighted by atomic mass is 10.1. The van der Waals surface area contributed by atoms with Crippen LogP contribution >= 0.6 is 11.8 Å². The molecule has 2 heterocycles. The Morgan fingerprint density at radius 3 is 2.94 bits per heavy atom. The molecule has 0 saturated heterocycles. The fourth-order valence-corrected chi connectivity index (χ4v) is 1.71. The summed E-state index contributed by atoms with van der Waals surface area (Å²) in [6.07, 6.45) is 7.52. The lowest BCUT2D eigenvalue weighted by Gasteiger charge is -2.01. The number of hydrogen-bond donors (Lipinski definition) is 1. The number of hydrogen-bond acceptors (Lipinski definition) is 4. The summed E-state index contributed by atoms with van der Waals surface area (Å²) in [6.45, 7) is 0. The van der Waals surface area contributed by atoms with Gasteiger partial charge in [0.05, 0.1) is 0 Å². The third kappa shape index (κ3) is 2.49. The zero-order valence-corrected chi connectivity index (χ0v) is 9.62. The molecule has 0 fully saturated rings. The van der Waals surface area contributed by atoms with Crippen molar-refractivity contribution in [2.45, 2.75) is 11.6 Å². The first-order chi connectivity index (χ1) is 7.79. The van der Waals surface area contributed by atoms with Crippen LogP contribution in [0.5, 0.6) is 0 Å². The van der Waals surface area contributed by atoms with E-state index in [1.54, 1.807) is 18.6 Å². The summed E-state index contributed by atoms with van der Waals surface area (Å²) in [5, 5.41) is 0.639. The van der Waals surface area contributed by atoms with Gasteiger partial charge in [-0.05, 0) is 17.9 Å². The van der Waals surface area contributed by atoms with Crippen LogP contribution < -0.4 is 5.56 Å². The Labute approximate surface area is 97.2 Å². The molecule has 0 radical (unpaired) electrons. The lowest BCUT2D eigenvalue weighted by molar-refractivity contribution is 0.900. The van der Waals surface area contributed by atoms with Gasteiger partial charge < -0.3 is 4.98 Å². The molecule has 0 atom stereocenters. The van der Waals surface area contributed by atoms with Crippen LogP contribution in [0.2, 0.25) is 0 Å². The average Bonchev–Trinajstić information content (AvgIpc) is 2.33. The lowest BCUT2D eigenvalue weighted by Crippen LogP contribution is -2.14. The molecule has 2 aromatic rings. The van der Waals surface area contributed by atoms with Crippen LogP contribution in [0, 0.1) is 0 Å². The van der Waals surface area contributed by atoms with E-state index in [1.807, 2.05) is 18.4 Å². The summed E-state index contributed by atoms with van der Waals surface area (Å²) in [7, 11) is 0. The zero-order valence-electron chi connectivity index (χ0n) is 8.80. The molecule has 0 unspecified atom stereocenters. The van der Waals surface area contributed by atoms with Gasteiger partial charge in [0.2, 0.25) is 0 Å². The normalized spacial score (nSPS) is 10.3. The largest absolute Gasteiger partial charge is 0.301 e. The Morgan fingerprint density at radius 1 is 1.44 bits per heavy atom. The molecule has 1 N–H and O–H groups in total. The van der Waals surface area contributed by atoms with E-state index >= 15 is 0 Å². The van der Waals surface area contributed by atoms with E-state index in [2.05, 4.69) is 15.0 Å². The Bertz CT molecular complexity index is 524. The number of rotatable bonds is 3. The van der Waals surface area contributed by atoms with E-state index in [4.69, 9.17) is 0 Å². The average molecular weight is 233 g/mol. The minimum absolute atomic E-state index is 0.0804. The van der Waals surface area contributed by atoms with Crippen molar-refractivity contribution in [2.75, 3.05) is 6.26 Å². The van der Waals surface area contributed by atoms with Gasteiger partial charge in [-0.1, -0.05) is 17.8 Å². The molecule has 0 aliphatic rings. The number of aromatic amines is 1. The van der Waals surface area contributed by atoms with Crippen molar-refractivity contribution in [1.29, 1.82) is 0 Å². The molecule has 5 heteroatoms. The number of nitrogens with zero attached hydrogens (tertiary/aromatic N) is 2. The van der Waals surface area contributed by atoms with Crippen LogP contribution in [0.4, 0.5) is 0 Å². The van der Waals surface area contributed by atoms with Gasteiger partial charge >= 0.3 is 0 Å². The zero-order chi connectivity index (χ0) is 11.4. The molecule has 2 rings (SSSR count). The van der Waals surface area contributed by atoms with E-state index in [0.717, 1.165) is 5.56 Å². The minimum Gasteiger partial charge on any atom is -0.301 e. The smallest absolute Gasteiger partial charge is 0.255 e. The highest BCUT2D eigenvalue weighted by Crippen LogP contribution is 2.07.